The predicted molar refractivity (Wildman–Crippen MR) is 78.0 cm³/mol. The van der Waals surface area contributed by atoms with Crippen molar-refractivity contribution in [1.29, 1.82) is 0 Å². The Balaban J connectivity index is 2.29. The Morgan fingerprint density at radius 3 is 2.95 bits per heavy atom. The van der Waals surface area contributed by atoms with Crippen molar-refractivity contribution in [3.63, 3.8) is 0 Å². The molecule has 0 fully saturated rings. The third-order valence-corrected chi connectivity index (χ3v) is 2.62. The number of anilines is 1. The van der Waals surface area contributed by atoms with Gasteiger partial charge in [0.25, 0.3) is 5.91 Å². The SMILES string of the molecule is CCNc1cnccc1C(=O)NCCCOCCOC. The third-order valence-electron chi connectivity index (χ3n) is 2.62. The number of nitrogens with zero attached hydrogens (tertiary/aromatic N) is 1. The van der Waals surface area contributed by atoms with E-state index in [1.54, 1.807) is 25.6 Å². The summed E-state index contributed by atoms with van der Waals surface area (Å²) in [5.74, 6) is -0.0970. The smallest absolute Gasteiger partial charge is 0.253 e. The number of amides is 1. The van der Waals surface area contributed by atoms with E-state index < -0.39 is 0 Å². The number of hydrogen-bond acceptors (Lipinski definition) is 5. The first-order valence-corrected chi connectivity index (χ1v) is 6.82. The molecule has 0 bridgehead atoms. The van der Waals surface area contributed by atoms with Crippen molar-refractivity contribution >= 4 is 11.6 Å². The first kappa shape index (κ1) is 16.4. The summed E-state index contributed by atoms with van der Waals surface area (Å²) >= 11 is 0. The molecule has 0 aliphatic heterocycles. The summed E-state index contributed by atoms with van der Waals surface area (Å²) in [7, 11) is 1.64. The zero-order valence-electron chi connectivity index (χ0n) is 12.1. The quantitative estimate of drug-likeness (QED) is 0.632. The van der Waals surface area contributed by atoms with Gasteiger partial charge in [0.1, 0.15) is 0 Å². The van der Waals surface area contributed by atoms with Crippen molar-refractivity contribution in [3.05, 3.63) is 24.0 Å². The van der Waals surface area contributed by atoms with Crippen LogP contribution in [-0.4, -0.2) is 50.9 Å². The first-order chi connectivity index (χ1) is 9.79. The van der Waals surface area contributed by atoms with Gasteiger partial charge in [0.2, 0.25) is 0 Å². The van der Waals surface area contributed by atoms with Crippen LogP contribution in [0.15, 0.2) is 18.5 Å². The molecule has 6 heteroatoms. The van der Waals surface area contributed by atoms with Crippen molar-refractivity contribution in [2.24, 2.45) is 0 Å². The van der Waals surface area contributed by atoms with Gasteiger partial charge in [-0.2, -0.15) is 0 Å². The summed E-state index contributed by atoms with van der Waals surface area (Å²) in [5.41, 5.74) is 1.37. The van der Waals surface area contributed by atoms with Crippen molar-refractivity contribution in [3.8, 4) is 0 Å². The minimum absolute atomic E-state index is 0.0970. The van der Waals surface area contributed by atoms with Gasteiger partial charge in [-0.25, -0.2) is 0 Å². The van der Waals surface area contributed by atoms with Crippen molar-refractivity contribution in [2.45, 2.75) is 13.3 Å². The summed E-state index contributed by atoms with van der Waals surface area (Å²) in [6, 6.07) is 1.71. The number of aromatic nitrogens is 1. The van der Waals surface area contributed by atoms with E-state index in [-0.39, 0.29) is 5.91 Å². The molecule has 1 aromatic heterocycles. The summed E-state index contributed by atoms with van der Waals surface area (Å²) < 4.78 is 10.2. The zero-order valence-corrected chi connectivity index (χ0v) is 12.1. The molecule has 0 radical (unpaired) electrons. The van der Waals surface area contributed by atoms with Crippen molar-refractivity contribution < 1.29 is 14.3 Å². The van der Waals surface area contributed by atoms with Crippen LogP contribution in [-0.2, 0) is 9.47 Å². The lowest BCUT2D eigenvalue weighted by atomic mass is 10.2. The minimum atomic E-state index is -0.0970. The Morgan fingerprint density at radius 1 is 1.35 bits per heavy atom. The molecule has 0 atom stereocenters. The second kappa shape index (κ2) is 10.2. The Bertz CT molecular complexity index is 399. The maximum absolute atomic E-state index is 12.0. The van der Waals surface area contributed by atoms with E-state index in [2.05, 4.69) is 15.6 Å². The van der Waals surface area contributed by atoms with Crippen molar-refractivity contribution in [2.75, 3.05) is 45.3 Å². The fourth-order valence-electron chi connectivity index (χ4n) is 1.64. The molecule has 112 valence electrons. The van der Waals surface area contributed by atoms with Crippen LogP contribution in [0.25, 0.3) is 0 Å². The molecule has 1 amide bonds. The lowest BCUT2D eigenvalue weighted by molar-refractivity contribution is 0.0688. The van der Waals surface area contributed by atoms with Gasteiger partial charge in [0, 0.05) is 33.0 Å². The molecule has 0 spiro atoms. The highest BCUT2D eigenvalue weighted by molar-refractivity contribution is 5.99. The number of ether oxygens (including phenoxy) is 2. The molecular formula is C14H23N3O3. The van der Waals surface area contributed by atoms with E-state index in [4.69, 9.17) is 9.47 Å². The van der Waals surface area contributed by atoms with E-state index in [9.17, 15) is 4.79 Å². The van der Waals surface area contributed by atoms with E-state index in [0.29, 0.717) is 31.9 Å². The molecule has 1 rings (SSSR count). The van der Waals surface area contributed by atoms with Crippen LogP contribution >= 0.6 is 0 Å². The van der Waals surface area contributed by atoms with Gasteiger partial charge in [-0.1, -0.05) is 0 Å². The fourth-order valence-corrected chi connectivity index (χ4v) is 1.64. The van der Waals surface area contributed by atoms with Crippen molar-refractivity contribution in [1.82, 2.24) is 10.3 Å². The summed E-state index contributed by atoms with van der Waals surface area (Å²) in [4.78, 5) is 16.0. The molecule has 1 heterocycles. The number of carbonyl (C=O) groups excluding carboxylic acids is 1. The number of rotatable bonds is 10. The third kappa shape index (κ3) is 5.99. The predicted octanol–water partition coefficient (Wildman–Crippen LogP) is 1.30. The Kier molecular flexibility index (Phi) is 8.33. The summed E-state index contributed by atoms with van der Waals surface area (Å²) in [6.07, 6.45) is 4.05. The standard InChI is InChI=1S/C14H23N3O3/c1-3-16-13-11-15-7-5-12(13)14(18)17-6-4-8-20-10-9-19-2/h5,7,11,16H,3-4,6,8-10H2,1-2H3,(H,17,18). The molecular weight excluding hydrogens is 258 g/mol. The molecule has 1 aromatic rings. The molecule has 0 unspecified atom stereocenters. The van der Waals surface area contributed by atoms with Gasteiger partial charge in [0.15, 0.2) is 0 Å². The van der Waals surface area contributed by atoms with Crippen LogP contribution in [0.3, 0.4) is 0 Å². The van der Waals surface area contributed by atoms with Gasteiger partial charge in [-0.15, -0.1) is 0 Å². The van der Waals surface area contributed by atoms with Gasteiger partial charge >= 0.3 is 0 Å². The average molecular weight is 281 g/mol. The Morgan fingerprint density at radius 2 is 2.20 bits per heavy atom. The summed E-state index contributed by atoms with van der Waals surface area (Å²) in [6.45, 7) is 5.10. The molecule has 0 saturated heterocycles. The number of nitrogens with one attached hydrogen (secondary N) is 2. The minimum Gasteiger partial charge on any atom is -0.383 e. The highest BCUT2D eigenvalue weighted by atomic mass is 16.5. The maximum atomic E-state index is 12.0. The summed E-state index contributed by atoms with van der Waals surface area (Å²) in [5, 5.41) is 5.99. The number of pyridine rings is 1. The highest BCUT2D eigenvalue weighted by Gasteiger charge is 2.09. The largest absolute Gasteiger partial charge is 0.383 e. The van der Waals surface area contributed by atoms with E-state index in [0.717, 1.165) is 18.7 Å². The average Bonchev–Trinajstić information content (AvgIpc) is 2.47. The van der Waals surface area contributed by atoms with Gasteiger partial charge < -0.3 is 20.1 Å². The van der Waals surface area contributed by atoms with Crippen LogP contribution in [0.2, 0.25) is 0 Å². The highest BCUT2D eigenvalue weighted by Crippen LogP contribution is 2.12. The second-order valence-electron chi connectivity index (χ2n) is 4.17. The second-order valence-corrected chi connectivity index (χ2v) is 4.17. The Hall–Kier alpha value is -1.66. The molecule has 20 heavy (non-hydrogen) atoms. The molecule has 6 nitrogen and oxygen atoms in total. The Labute approximate surface area is 119 Å². The van der Waals surface area contributed by atoms with Crippen LogP contribution in [0.1, 0.15) is 23.7 Å². The first-order valence-electron chi connectivity index (χ1n) is 6.82. The van der Waals surface area contributed by atoms with E-state index in [1.807, 2.05) is 6.92 Å². The van der Waals surface area contributed by atoms with E-state index in [1.165, 1.54) is 0 Å². The normalized spacial score (nSPS) is 10.3. The van der Waals surface area contributed by atoms with Crippen LogP contribution in [0.4, 0.5) is 5.69 Å². The number of hydrogen-bond donors (Lipinski definition) is 2. The molecule has 0 saturated carbocycles. The van der Waals surface area contributed by atoms with Gasteiger partial charge in [-0.3, -0.25) is 9.78 Å². The number of methoxy groups -OCH3 is 1. The van der Waals surface area contributed by atoms with Crippen LogP contribution < -0.4 is 10.6 Å². The van der Waals surface area contributed by atoms with Gasteiger partial charge in [0.05, 0.1) is 30.7 Å². The molecule has 0 aliphatic rings. The molecule has 2 N–H and O–H groups in total. The van der Waals surface area contributed by atoms with E-state index >= 15 is 0 Å². The monoisotopic (exact) mass is 281 g/mol. The fraction of sp³-hybridized carbons (Fsp3) is 0.571. The molecule has 0 aliphatic carbocycles. The van der Waals surface area contributed by atoms with Crippen LogP contribution in [0.5, 0.6) is 0 Å². The topological polar surface area (TPSA) is 72.5 Å². The lowest BCUT2D eigenvalue weighted by Gasteiger charge is -2.10. The maximum Gasteiger partial charge on any atom is 0.253 e. The zero-order chi connectivity index (χ0) is 14.6. The lowest BCUT2D eigenvalue weighted by Crippen LogP contribution is -2.26. The van der Waals surface area contributed by atoms with Gasteiger partial charge in [-0.05, 0) is 19.4 Å². The van der Waals surface area contributed by atoms with Crippen LogP contribution in [0, 0.1) is 0 Å². The number of carbonyl (C=O) groups is 1. The molecule has 0 aromatic carbocycles.